The molecule has 1 aliphatic heterocycles. The second-order valence-electron chi connectivity index (χ2n) is 4.94. The second-order valence-corrected chi connectivity index (χ2v) is 6.79. The Morgan fingerprint density at radius 2 is 2.05 bits per heavy atom. The minimum absolute atomic E-state index is 0.166. The Kier molecular flexibility index (Phi) is 4.61. The molecule has 0 saturated carbocycles. The van der Waals surface area contributed by atoms with Gasteiger partial charge >= 0.3 is 6.03 Å². The molecule has 1 atom stereocenters. The zero-order valence-electron chi connectivity index (χ0n) is 11.2. The molecule has 0 bridgehead atoms. The van der Waals surface area contributed by atoms with Crippen LogP contribution in [0.1, 0.15) is 18.4 Å². The van der Waals surface area contributed by atoms with E-state index in [9.17, 15) is 13.2 Å². The maximum Gasteiger partial charge on any atom is 0.317 e. The zero-order chi connectivity index (χ0) is 14.6. The molecule has 7 heteroatoms. The first-order valence-corrected chi connectivity index (χ1v) is 8.16. The van der Waals surface area contributed by atoms with E-state index in [-0.39, 0.29) is 12.6 Å². The van der Waals surface area contributed by atoms with E-state index in [1.54, 1.807) is 0 Å². The van der Waals surface area contributed by atoms with Gasteiger partial charge < -0.3 is 10.2 Å². The molecule has 2 amide bonds. The van der Waals surface area contributed by atoms with Gasteiger partial charge in [0.25, 0.3) is 0 Å². The van der Waals surface area contributed by atoms with Crippen molar-refractivity contribution in [3.63, 3.8) is 0 Å². The molecule has 0 radical (unpaired) electrons. The van der Waals surface area contributed by atoms with Gasteiger partial charge in [-0.3, -0.25) is 0 Å². The molecule has 6 nitrogen and oxygen atoms in total. The summed E-state index contributed by atoms with van der Waals surface area (Å²) in [5, 5.41) is 7.29. The van der Waals surface area contributed by atoms with Crippen LogP contribution < -0.4 is 10.5 Å². The van der Waals surface area contributed by atoms with Crippen LogP contribution in [-0.4, -0.2) is 37.7 Å². The highest BCUT2D eigenvalue weighted by atomic mass is 32.2. The molecule has 20 heavy (non-hydrogen) atoms. The topological polar surface area (TPSA) is 92.5 Å². The van der Waals surface area contributed by atoms with Crippen LogP contribution in [0.15, 0.2) is 30.3 Å². The van der Waals surface area contributed by atoms with Crippen molar-refractivity contribution >= 4 is 16.1 Å². The molecular formula is C13H19N3O3S. The molecule has 110 valence electrons. The van der Waals surface area contributed by atoms with Crippen molar-refractivity contribution in [3.05, 3.63) is 35.9 Å². The molecular weight excluding hydrogens is 278 g/mol. The summed E-state index contributed by atoms with van der Waals surface area (Å²) < 4.78 is 22.7. The van der Waals surface area contributed by atoms with Crippen molar-refractivity contribution in [2.75, 3.05) is 13.1 Å². The number of hydrogen-bond donors (Lipinski definition) is 2. The number of piperidine rings is 1. The highest BCUT2D eigenvalue weighted by molar-refractivity contribution is 7.89. The van der Waals surface area contributed by atoms with Crippen LogP contribution in [0.5, 0.6) is 0 Å². The number of benzene rings is 1. The van der Waals surface area contributed by atoms with Gasteiger partial charge in [0, 0.05) is 19.6 Å². The lowest BCUT2D eigenvalue weighted by molar-refractivity contribution is 0.186. The smallest absolute Gasteiger partial charge is 0.317 e. The number of hydrogen-bond acceptors (Lipinski definition) is 3. The normalized spacial score (nSPS) is 19.6. The van der Waals surface area contributed by atoms with E-state index in [0.29, 0.717) is 25.9 Å². The Bertz CT molecular complexity index is 559. The molecule has 1 aromatic rings. The molecule has 1 saturated heterocycles. The van der Waals surface area contributed by atoms with Crippen molar-refractivity contribution in [2.45, 2.75) is 24.6 Å². The SMILES string of the molecule is NS(=O)(=O)C1CCCN(C(=O)NCc2ccccc2)C1. The van der Waals surface area contributed by atoms with Gasteiger partial charge in [0.05, 0.1) is 5.25 Å². The predicted octanol–water partition coefficient (Wildman–Crippen LogP) is 0.649. The highest BCUT2D eigenvalue weighted by Gasteiger charge is 2.30. The average Bonchev–Trinajstić information content (AvgIpc) is 2.45. The number of likely N-dealkylation sites (tertiary alicyclic amines) is 1. The number of carbonyl (C=O) groups is 1. The van der Waals surface area contributed by atoms with Gasteiger partial charge in [-0.1, -0.05) is 30.3 Å². The lowest BCUT2D eigenvalue weighted by atomic mass is 10.1. The van der Waals surface area contributed by atoms with E-state index in [1.807, 2.05) is 30.3 Å². The Morgan fingerprint density at radius 1 is 1.35 bits per heavy atom. The van der Waals surface area contributed by atoms with Crippen molar-refractivity contribution in [3.8, 4) is 0 Å². The van der Waals surface area contributed by atoms with E-state index >= 15 is 0 Å². The first kappa shape index (κ1) is 14.8. The van der Waals surface area contributed by atoms with Gasteiger partial charge in [-0.15, -0.1) is 0 Å². The number of sulfonamides is 1. The summed E-state index contributed by atoms with van der Waals surface area (Å²) in [6.45, 7) is 1.16. The third-order valence-corrected chi connectivity index (χ3v) is 4.73. The van der Waals surface area contributed by atoms with Gasteiger partial charge in [0.2, 0.25) is 10.0 Å². The highest BCUT2D eigenvalue weighted by Crippen LogP contribution is 2.15. The number of primary sulfonamides is 1. The molecule has 1 aliphatic rings. The fourth-order valence-corrected chi connectivity index (χ4v) is 3.16. The van der Waals surface area contributed by atoms with E-state index in [4.69, 9.17) is 5.14 Å². The Hall–Kier alpha value is -1.60. The number of carbonyl (C=O) groups excluding carboxylic acids is 1. The summed E-state index contributed by atoms with van der Waals surface area (Å²) in [4.78, 5) is 13.5. The van der Waals surface area contributed by atoms with Crippen LogP contribution in [0, 0.1) is 0 Å². The number of amides is 2. The Morgan fingerprint density at radius 3 is 2.70 bits per heavy atom. The monoisotopic (exact) mass is 297 g/mol. The molecule has 1 fully saturated rings. The van der Waals surface area contributed by atoms with E-state index in [2.05, 4.69) is 5.32 Å². The Balaban J connectivity index is 1.89. The predicted molar refractivity (Wildman–Crippen MR) is 76.4 cm³/mol. The average molecular weight is 297 g/mol. The number of nitrogens with one attached hydrogen (secondary N) is 1. The molecule has 0 aliphatic carbocycles. The lowest BCUT2D eigenvalue weighted by Gasteiger charge is -2.31. The zero-order valence-corrected chi connectivity index (χ0v) is 12.0. The van der Waals surface area contributed by atoms with Crippen molar-refractivity contribution in [1.29, 1.82) is 0 Å². The third-order valence-electron chi connectivity index (χ3n) is 3.42. The van der Waals surface area contributed by atoms with Crippen LogP contribution in [0.2, 0.25) is 0 Å². The fourth-order valence-electron chi connectivity index (χ4n) is 2.28. The first-order chi connectivity index (χ1) is 9.47. The van der Waals surface area contributed by atoms with Crippen LogP contribution in [0.25, 0.3) is 0 Å². The minimum atomic E-state index is -3.58. The van der Waals surface area contributed by atoms with Crippen LogP contribution >= 0.6 is 0 Å². The summed E-state index contributed by atoms with van der Waals surface area (Å²) in [5.41, 5.74) is 1.00. The van der Waals surface area contributed by atoms with E-state index < -0.39 is 15.3 Å². The van der Waals surface area contributed by atoms with Gasteiger partial charge in [-0.05, 0) is 18.4 Å². The third kappa shape index (κ3) is 3.94. The number of urea groups is 1. The number of nitrogens with zero attached hydrogens (tertiary/aromatic N) is 1. The molecule has 1 heterocycles. The summed E-state index contributed by atoms with van der Waals surface area (Å²) in [5.74, 6) is 0. The molecule has 0 aromatic heterocycles. The lowest BCUT2D eigenvalue weighted by Crippen LogP contribution is -2.50. The molecule has 3 N–H and O–H groups in total. The van der Waals surface area contributed by atoms with Gasteiger partial charge in [0.1, 0.15) is 0 Å². The van der Waals surface area contributed by atoms with Crippen LogP contribution in [0.4, 0.5) is 4.79 Å². The number of rotatable bonds is 3. The van der Waals surface area contributed by atoms with Crippen LogP contribution in [0.3, 0.4) is 0 Å². The van der Waals surface area contributed by atoms with Gasteiger partial charge in [-0.2, -0.15) is 0 Å². The quantitative estimate of drug-likeness (QED) is 0.858. The fraction of sp³-hybridized carbons (Fsp3) is 0.462. The molecule has 1 unspecified atom stereocenters. The van der Waals surface area contributed by atoms with Crippen molar-refractivity contribution in [2.24, 2.45) is 5.14 Å². The first-order valence-electron chi connectivity index (χ1n) is 6.55. The van der Waals surface area contributed by atoms with Crippen LogP contribution in [-0.2, 0) is 16.6 Å². The summed E-state index contributed by atoms with van der Waals surface area (Å²) in [7, 11) is -3.58. The minimum Gasteiger partial charge on any atom is -0.334 e. The standard InChI is InChI=1S/C13H19N3O3S/c14-20(18,19)12-7-4-8-16(10-12)13(17)15-9-11-5-2-1-3-6-11/h1-3,5-6,12H,4,7-10H2,(H,15,17)(H2,14,18,19). The summed E-state index contributed by atoms with van der Waals surface area (Å²) in [6.07, 6.45) is 1.17. The van der Waals surface area contributed by atoms with Crippen molar-refractivity contribution < 1.29 is 13.2 Å². The van der Waals surface area contributed by atoms with Crippen molar-refractivity contribution in [1.82, 2.24) is 10.2 Å². The second kappa shape index (κ2) is 6.23. The number of nitrogens with two attached hydrogens (primary N) is 1. The largest absolute Gasteiger partial charge is 0.334 e. The van der Waals surface area contributed by atoms with Gasteiger partial charge in [-0.25, -0.2) is 18.4 Å². The molecule has 0 spiro atoms. The summed E-state index contributed by atoms with van der Waals surface area (Å²) >= 11 is 0. The van der Waals surface area contributed by atoms with Gasteiger partial charge in [0.15, 0.2) is 0 Å². The van der Waals surface area contributed by atoms with E-state index in [1.165, 1.54) is 4.90 Å². The maximum atomic E-state index is 12.0. The van der Waals surface area contributed by atoms with E-state index in [0.717, 1.165) is 5.56 Å². The summed E-state index contributed by atoms with van der Waals surface area (Å²) in [6, 6.07) is 9.31. The molecule has 1 aromatic carbocycles. The maximum absolute atomic E-state index is 12.0. The molecule has 2 rings (SSSR count). The Labute approximate surface area is 119 Å².